The minimum absolute atomic E-state index is 0.00376. The molecule has 7 heteroatoms. The molecule has 0 spiro atoms. The molecule has 0 unspecified atom stereocenters. The summed E-state index contributed by atoms with van der Waals surface area (Å²) in [6, 6.07) is 8.99. The third-order valence-electron chi connectivity index (χ3n) is 5.04. The molecule has 7 nitrogen and oxygen atoms in total. The van der Waals surface area contributed by atoms with Crippen molar-refractivity contribution in [3.63, 3.8) is 0 Å². The first-order valence-corrected chi connectivity index (χ1v) is 10.0. The molecule has 0 radical (unpaired) electrons. The summed E-state index contributed by atoms with van der Waals surface area (Å²) in [6.45, 7) is 9.56. The monoisotopic (exact) mass is 409 g/mol. The number of carbonyl (C=O) groups is 2. The molecular formula is C23H27N3O4. The number of furan rings is 1. The number of hydrogen-bond donors (Lipinski definition) is 2. The van der Waals surface area contributed by atoms with Crippen LogP contribution in [0.2, 0.25) is 0 Å². The summed E-state index contributed by atoms with van der Waals surface area (Å²) in [4.78, 5) is 29.1. The molecule has 30 heavy (non-hydrogen) atoms. The fourth-order valence-corrected chi connectivity index (χ4v) is 3.03. The second-order valence-corrected chi connectivity index (χ2v) is 7.41. The van der Waals surface area contributed by atoms with Gasteiger partial charge in [0, 0.05) is 17.2 Å². The van der Waals surface area contributed by atoms with Crippen molar-refractivity contribution >= 4 is 17.5 Å². The molecule has 0 aliphatic heterocycles. The van der Waals surface area contributed by atoms with Gasteiger partial charge in [-0.05, 0) is 51.5 Å². The Morgan fingerprint density at radius 2 is 1.87 bits per heavy atom. The molecule has 2 heterocycles. The van der Waals surface area contributed by atoms with E-state index in [1.165, 1.54) is 0 Å². The zero-order valence-corrected chi connectivity index (χ0v) is 18.0. The van der Waals surface area contributed by atoms with Gasteiger partial charge in [0.2, 0.25) is 11.8 Å². The second-order valence-electron chi connectivity index (χ2n) is 7.41. The molecule has 2 aromatic heterocycles. The number of nitrogens with one attached hydrogen (secondary N) is 2. The highest BCUT2D eigenvalue weighted by atomic mass is 16.4. The molecule has 0 saturated carbocycles. The maximum absolute atomic E-state index is 12.5. The topological polar surface area (TPSA) is 97.4 Å². The molecule has 158 valence electrons. The summed E-state index contributed by atoms with van der Waals surface area (Å²) < 4.78 is 11.2. The quantitative estimate of drug-likeness (QED) is 0.585. The minimum atomic E-state index is -0.237. The van der Waals surface area contributed by atoms with E-state index in [4.69, 9.17) is 8.83 Å². The highest BCUT2D eigenvalue weighted by Crippen LogP contribution is 2.25. The molecule has 3 aromatic rings. The van der Waals surface area contributed by atoms with Crippen molar-refractivity contribution in [3.05, 3.63) is 58.9 Å². The largest absolute Gasteiger partial charge is 0.466 e. The molecular weight excluding hydrogens is 382 g/mol. The van der Waals surface area contributed by atoms with E-state index in [0.717, 1.165) is 12.0 Å². The van der Waals surface area contributed by atoms with Crippen LogP contribution in [0, 0.1) is 26.7 Å². The maximum Gasteiger partial charge on any atom is 0.259 e. The zero-order valence-electron chi connectivity index (χ0n) is 18.0. The van der Waals surface area contributed by atoms with Gasteiger partial charge in [0.15, 0.2) is 0 Å². The third kappa shape index (κ3) is 4.79. The number of rotatable bonds is 7. The van der Waals surface area contributed by atoms with Gasteiger partial charge in [0.1, 0.15) is 23.0 Å². The van der Waals surface area contributed by atoms with E-state index in [-0.39, 0.29) is 17.7 Å². The summed E-state index contributed by atoms with van der Waals surface area (Å²) in [6.07, 6.45) is 0.783. The van der Waals surface area contributed by atoms with Crippen LogP contribution in [0.3, 0.4) is 0 Å². The van der Waals surface area contributed by atoms with Gasteiger partial charge >= 0.3 is 0 Å². The minimum Gasteiger partial charge on any atom is -0.466 e. The molecule has 0 fully saturated rings. The van der Waals surface area contributed by atoms with Crippen LogP contribution in [0.15, 0.2) is 39.2 Å². The van der Waals surface area contributed by atoms with E-state index in [0.29, 0.717) is 46.7 Å². The van der Waals surface area contributed by atoms with E-state index in [9.17, 15) is 9.59 Å². The van der Waals surface area contributed by atoms with Crippen molar-refractivity contribution in [2.75, 3.05) is 5.32 Å². The van der Waals surface area contributed by atoms with E-state index < -0.39 is 0 Å². The first-order valence-electron chi connectivity index (χ1n) is 10.0. The van der Waals surface area contributed by atoms with Crippen LogP contribution in [0.5, 0.6) is 0 Å². The second kappa shape index (κ2) is 8.98. The van der Waals surface area contributed by atoms with E-state index >= 15 is 0 Å². The van der Waals surface area contributed by atoms with Gasteiger partial charge in [-0.3, -0.25) is 9.59 Å². The Morgan fingerprint density at radius 1 is 1.10 bits per heavy atom. The Hall–Kier alpha value is -3.35. The molecule has 3 rings (SSSR count). The molecule has 0 aliphatic carbocycles. The van der Waals surface area contributed by atoms with Gasteiger partial charge < -0.3 is 19.5 Å². The van der Waals surface area contributed by atoms with Gasteiger partial charge in [-0.25, -0.2) is 4.98 Å². The lowest BCUT2D eigenvalue weighted by atomic mass is 10.1. The van der Waals surface area contributed by atoms with E-state index in [1.807, 2.05) is 32.9 Å². The molecule has 2 N–H and O–H groups in total. The van der Waals surface area contributed by atoms with Crippen molar-refractivity contribution < 1.29 is 18.4 Å². The first-order chi connectivity index (χ1) is 14.3. The number of oxazole rings is 1. The van der Waals surface area contributed by atoms with Gasteiger partial charge in [0.25, 0.3) is 5.91 Å². The van der Waals surface area contributed by atoms with Crippen LogP contribution < -0.4 is 10.6 Å². The normalized spacial score (nSPS) is 11.9. The smallest absolute Gasteiger partial charge is 0.259 e. The third-order valence-corrected chi connectivity index (χ3v) is 5.04. The average molecular weight is 409 g/mol. The molecule has 1 aromatic carbocycles. The number of nitrogens with zero attached hydrogens (tertiary/aromatic N) is 1. The number of amides is 2. The fourth-order valence-electron chi connectivity index (χ4n) is 3.03. The van der Waals surface area contributed by atoms with Gasteiger partial charge in [-0.2, -0.15) is 0 Å². The number of carbonyl (C=O) groups excluding carboxylic acids is 2. The Bertz CT molecular complexity index is 1060. The first kappa shape index (κ1) is 21.4. The highest BCUT2D eigenvalue weighted by Gasteiger charge is 2.17. The molecule has 0 saturated heterocycles. The fraction of sp³-hybridized carbons (Fsp3) is 0.348. The summed E-state index contributed by atoms with van der Waals surface area (Å²) in [5.74, 6) is 2.07. The summed E-state index contributed by atoms with van der Waals surface area (Å²) in [7, 11) is 0. The predicted octanol–water partition coefficient (Wildman–Crippen LogP) is 4.77. The van der Waals surface area contributed by atoms with Crippen LogP contribution in [0.25, 0.3) is 11.5 Å². The zero-order chi connectivity index (χ0) is 21.8. The Morgan fingerprint density at radius 3 is 2.53 bits per heavy atom. The van der Waals surface area contributed by atoms with Gasteiger partial charge in [-0.15, -0.1) is 0 Å². The lowest BCUT2D eigenvalue weighted by Gasteiger charge is -2.08. The molecule has 0 aliphatic rings. The van der Waals surface area contributed by atoms with Crippen molar-refractivity contribution in [2.45, 2.75) is 47.6 Å². The van der Waals surface area contributed by atoms with Gasteiger partial charge in [-0.1, -0.05) is 19.9 Å². The predicted molar refractivity (Wildman–Crippen MR) is 114 cm³/mol. The van der Waals surface area contributed by atoms with E-state index in [1.54, 1.807) is 32.0 Å². The number of benzene rings is 1. The summed E-state index contributed by atoms with van der Waals surface area (Å²) in [5.41, 5.74) is 2.54. The summed E-state index contributed by atoms with van der Waals surface area (Å²) >= 11 is 0. The van der Waals surface area contributed by atoms with Crippen molar-refractivity contribution in [2.24, 2.45) is 5.92 Å². The summed E-state index contributed by atoms with van der Waals surface area (Å²) in [5, 5.41) is 5.77. The van der Waals surface area contributed by atoms with Crippen LogP contribution in [-0.2, 0) is 11.3 Å². The van der Waals surface area contributed by atoms with Crippen molar-refractivity contribution in [1.29, 1.82) is 0 Å². The Labute approximate surface area is 175 Å². The number of anilines is 1. The lowest BCUT2D eigenvalue weighted by Crippen LogP contribution is -2.28. The van der Waals surface area contributed by atoms with Crippen LogP contribution in [0.4, 0.5) is 5.69 Å². The molecule has 0 bridgehead atoms. The average Bonchev–Trinajstić information content (AvgIpc) is 3.26. The van der Waals surface area contributed by atoms with Crippen LogP contribution >= 0.6 is 0 Å². The number of aryl methyl sites for hydroxylation is 3. The van der Waals surface area contributed by atoms with Crippen LogP contribution in [-0.4, -0.2) is 16.8 Å². The van der Waals surface area contributed by atoms with E-state index in [2.05, 4.69) is 15.6 Å². The molecule has 2 amide bonds. The van der Waals surface area contributed by atoms with Crippen LogP contribution in [0.1, 0.15) is 53.6 Å². The SMILES string of the molecule is CC[C@@H](C)C(=O)NCc1nc(-c2cccc(NC(=O)c3cc(C)oc3C)c2)oc1C. The Kier molecular flexibility index (Phi) is 6.40. The molecule has 1 atom stereocenters. The number of aromatic nitrogens is 1. The standard InChI is InChI=1S/C23H27N3O4/c1-6-13(2)21(27)24-12-20-16(5)30-23(26-20)17-8-7-9-18(11-17)25-22(28)19-10-14(3)29-15(19)4/h7-11,13H,6,12H2,1-5H3,(H,24,27)(H,25,28)/t13-/m1/s1. The van der Waals surface area contributed by atoms with Crippen molar-refractivity contribution in [3.8, 4) is 11.5 Å². The lowest BCUT2D eigenvalue weighted by molar-refractivity contribution is -0.124. The Balaban J connectivity index is 1.73. The van der Waals surface area contributed by atoms with Gasteiger partial charge in [0.05, 0.1) is 12.1 Å². The maximum atomic E-state index is 12.5. The van der Waals surface area contributed by atoms with Crippen molar-refractivity contribution in [1.82, 2.24) is 10.3 Å². The number of hydrogen-bond acceptors (Lipinski definition) is 5. The highest BCUT2D eigenvalue weighted by molar-refractivity contribution is 6.05.